The third-order valence-electron chi connectivity index (χ3n) is 4.46. The van der Waals surface area contributed by atoms with Gasteiger partial charge in [-0.3, -0.25) is 0 Å². The van der Waals surface area contributed by atoms with Crippen molar-refractivity contribution in [2.75, 3.05) is 31.6 Å². The van der Waals surface area contributed by atoms with Crippen LogP contribution in [0.1, 0.15) is 32.4 Å². The average Bonchev–Trinajstić information content (AvgIpc) is 2.48. The Morgan fingerprint density at radius 2 is 1.95 bits per heavy atom. The molecule has 2 heterocycles. The van der Waals surface area contributed by atoms with Gasteiger partial charge in [-0.1, -0.05) is 13.8 Å². The van der Waals surface area contributed by atoms with Crippen molar-refractivity contribution in [2.24, 2.45) is 5.92 Å². The molecule has 0 radical (unpaired) electrons. The lowest BCUT2D eigenvalue weighted by atomic mass is 10.0. The van der Waals surface area contributed by atoms with E-state index < -0.39 is 0 Å². The van der Waals surface area contributed by atoms with Crippen LogP contribution in [0.5, 0.6) is 0 Å². The van der Waals surface area contributed by atoms with E-state index in [1.165, 1.54) is 0 Å². The first-order valence-electron chi connectivity index (χ1n) is 7.91. The van der Waals surface area contributed by atoms with Crippen molar-refractivity contribution in [3.8, 4) is 0 Å². The molecule has 1 N–H and O–H groups in total. The molecule has 0 aliphatic carbocycles. The van der Waals surface area contributed by atoms with Gasteiger partial charge in [0.1, 0.15) is 0 Å². The molecular weight excluding hydrogens is 264 g/mol. The van der Waals surface area contributed by atoms with Crippen molar-refractivity contribution in [3.63, 3.8) is 0 Å². The first-order chi connectivity index (χ1) is 9.97. The molecule has 5 heteroatoms. The molecule has 1 aliphatic heterocycles. The van der Waals surface area contributed by atoms with E-state index in [1.54, 1.807) is 0 Å². The normalized spacial score (nSPS) is 19.0. The highest BCUT2D eigenvalue weighted by Crippen LogP contribution is 2.20. The van der Waals surface area contributed by atoms with Gasteiger partial charge in [-0.15, -0.1) is 5.10 Å². The van der Waals surface area contributed by atoms with Gasteiger partial charge in [0.05, 0.1) is 11.8 Å². The lowest BCUT2D eigenvalue weighted by Gasteiger charge is -2.38. The molecule has 1 aromatic heterocycles. The maximum atomic E-state index is 9.99. The van der Waals surface area contributed by atoms with Gasteiger partial charge in [-0.05, 0) is 37.8 Å². The van der Waals surface area contributed by atoms with Crippen LogP contribution in [0.4, 0.5) is 5.82 Å². The van der Waals surface area contributed by atoms with E-state index in [0.29, 0.717) is 12.0 Å². The van der Waals surface area contributed by atoms with E-state index in [4.69, 9.17) is 0 Å². The Bertz CT molecular complexity index is 426. The molecule has 0 aromatic carbocycles. The molecule has 1 aromatic rings. The van der Waals surface area contributed by atoms with Gasteiger partial charge in [0.25, 0.3) is 0 Å². The van der Waals surface area contributed by atoms with Crippen LogP contribution >= 0.6 is 0 Å². The van der Waals surface area contributed by atoms with Gasteiger partial charge in [0.2, 0.25) is 0 Å². The minimum absolute atomic E-state index is 0.220. The number of aliphatic hydroxyl groups is 1. The number of aromatic nitrogens is 2. The summed E-state index contributed by atoms with van der Waals surface area (Å²) in [7, 11) is 2.10. The lowest BCUT2D eigenvalue weighted by Crippen LogP contribution is -2.46. The molecule has 1 unspecified atom stereocenters. The molecule has 0 amide bonds. The zero-order valence-electron chi connectivity index (χ0n) is 13.7. The third-order valence-corrected chi connectivity index (χ3v) is 4.46. The Morgan fingerprint density at radius 3 is 2.48 bits per heavy atom. The number of likely N-dealkylation sites (tertiary alicyclic amines) is 1. The maximum Gasteiger partial charge on any atom is 0.151 e. The zero-order valence-corrected chi connectivity index (χ0v) is 13.7. The SMILES string of the molecule is Cc1ccc(N(C)C2CCN(CC(O)C(C)C)CC2)nn1. The molecule has 1 fully saturated rings. The zero-order chi connectivity index (χ0) is 15.4. The van der Waals surface area contributed by atoms with E-state index in [1.807, 2.05) is 19.1 Å². The molecule has 1 aliphatic rings. The van der Waals surface area contributed by atoms with Crippen molar-refractivity contribution in [1.82, 2.24) is 15.1 Å². The largest absolute Gasteiger partial charge is 0.392 e. The summed E-state index contributed by atoms with van der Waals surface area (Å²) < 4.78 is 0. The highest BCUT2D eigenvalue weighted by Gasteiger charge is 2.25. The summed E-state index contributed by atoms with van der Waals surface area (Å²) in [6, 6.07) is 4.55. The minimum atomic E-state index is -0.220. The quantitative estimate of drug-likeness (QED) is 0.895. The van der Waals surface area contributed by atoms with Crippen LogP contribution in [0.15, 0.2) is 12.1 Å². The summed E-state index contributed by atoms with van der Waals surface area (Å²) >= 11 is 0. The van der Waals surface area contributed by atoms with Gasteiger partial charge < -0.3 is 14.9 Å². The van der Waals surface area contributed by atoms with Gasteiger partial charge >= 0.3 is 0 Å². The van der Waals surface area contributed by atoms with Gasteiger partial charge in [-0.2, -0.15) is 5.10 Å². The number of rotatable bonds is 5. The van der Waals surface area contributed by atoms with Crippen LogP contribution in [0, 0.1) is 12.8 Å². The Balaban J connectivity index is 1.84. The number of nitrogens with zero attached hydrogens (tertiary/aromatic N) is 4. The summed E-state index contributed by atoms with van der Waals surface area (Å²) in [6.45, 7) is 8.96. The van der Waals surface area contributed by atoms with Gasteiger partial charge in [0, 0.05) is 32.7 Å². The van der Waals surface area contributed by atoms with Crippen molar-refractivity contribution in [3.05, 3.63) is 17.8 Å². The number of hydrogen-bond acceptors (Lipinski definition) is 5. The number of β-amino-alcohol motifs (C(OH)–C–C–N with tert-alkyl or cyclic N) is 1. The topological polar surface area (TPSA) is 52.5 Å². The third kappa shape index (κ3) is 4.38. The molecule has 0 saturated carbocycles. The molecule has 21 heavy (non-hydrogen) atoms. The minimum Gasteiger partial charge on any atom is -0.392 e. The Morgan fingerprint density at radius 1 is 1.29 bits per heavy atom. The van der Waals surface area contributed by atoms with E-state index in [0.717, 1.165) is 44.0 Å². The Hall–Kier alpha value is -1.20. The van der Waals surface area contributed by atoms with E-state index in [9.17, 15) is 5.11 Å². The van der Waals surface area contributed by atoms with Crippen molar-refractivity contribution >= 4 is 5.82 Å². The second-order valence-corrected chi connectivity index (χ2v) is 6.49. The fraction of sp³-hybridized carbons (Fsp3) is 0.750. The number of hydrogen-bond donors (Lipinski definition) is 1. The summed E-state index contributed by atoms with van der Waals surface area (Å²) in [4.78, 5) is 4.61. The van der Waals surface area contributed by atoms with E-state index in [2.05, 4.69) is 40.9 Å². The Labute approximate surface area is 128 Å². The van der Waals surface area contributed by atoms with Gasteiger partial charge in [-0.25, -0.2) is 0 Å². The fourth-order valence-corrected chi connectivity index (χ4v) is 2.73. The molecular formula is C16H28N4O. The van der Waals surface area contributed by atoms with E-state index in [-0.39, 0.29) is 6.10 Å². The maximum absolute atomic E-state index is 9.99. The van der Waals surface area contributed by atoms with Crippen molar-refractivity contribution in [2.45, 2.75) is 45.8 Å². The van der Waals surface area contributed by atoms with Gasteiger partial charge in [0.15, 0.2) is 5.82 Å². The lowest BCUT2D eigenvalue weighted by molar-refractivity contribution is 0.0657. The van der Waals surface area contributed by atoms with Crippen LogP contribution < -0.4 is 4.90 Å². The van der Waals surface area contributed by atoms with Crippen LogP contribution in [-0.4, -0.2) is 59.0 Å². The second-order valence-electron chi connectivity index (χ2n) is 6.49. The molecule has 0 spiro atoms. The van der Waals surface area contributed by atoms with E-state index >= 15 is 0 Å². The standard InChI is InChI=1S/C16H28N4O/c1-12(2)15(21)11-20-9-7-14(8-10-20)19(4)16-6-5-13(3)17-18-16/h5-6,12,14-15,21H,7-11H2,1-4H3. The summed E-state index contributed by atoms with van der Waals surface area (Å²) in [5.41, 5.74) is 0.949. The second kappa shape index (κ2) is 7.18. The van der Waals surface area contributed by atoms with Crippen LogP contribution in [0.25, 0.3) is 0 Å². The first-order valence-corrected chi connectivity index (χ1v) is 7.91. The predicted octanol–water partition coefficient (Wildman–Crippen LogP) is 1.70. The predicted molar refractivity (Wildman–Crippen MR) is 85.5 cm³/mol. The molecule has 0 bridgehead atoms. The number of aryl methyl sites for hydroxylation is 1. The number of aliphatic hydroxyl groups excluding tert-OH is 1. The molecule has 5 nitrogen and oxygen atoms in total. The number of anilines is 1. The smallest absolute Gasteiger partial charge is 0.151 e. The summed E-state index contributed by atoms with van der Waals surface area (Å²) in [5, 5.41) is 18.4. The highest BCUT2D eigenvalue weighted by atomic mass is 16.3. The van der Waals surface area contributed by atoms with Crippen LogP contribution in [0.3, 0.4) is 0 Å². The monoisotopic (exact) mass is 292 g/mol. The fourth-order valence-electron chi connectivity index (χ4n) is 2.73. The average molecular weight is 292 g/mol. The van der Waals surface area contributed by atoms with Crippen LogP contribution in [0.2, 0.25) is 0 Å². The highest BCUT2D eigenvalue weighted by molar-refractivity contribution is 5.37. The number of piperidine rings is 1. The molecule has 118 valence electrons. The summed E-state index contributed by atoms with van der Waals surface area (Å²) in [6.07, 6.45) is 2.00. The summed E-state index contributed by atoms with van der Waals surface area (Å²) in [5.74, 6) is 1.27. The molecule has 1 saturated heterocycles. The van der Waals surface area contributed by atoms with Crippen molar-refractivity contribution < 1.29 is 5.11 Å². The molecule has 2 rings (SSSR count). The Kier molecular flexibility index (Phi) is 5.53. The molecule has 1 atom stereocenters. The first kappa shape index (κ1) is 16.2. The van der Waals surface area contributed by atoms with Crippen molar-refractivity contribution in [1.29, 1.82) is 0 Å². The van der Waals surface area contributed by atoms with Crippen LogP contribution in [-0.2, 0) is 0 Å².